The van der Waals surface area contributed by atoms with Gasteiger partial charge in [-0.2, -0.15) is 0 Å². The van der Waals surface area contributed by atoms with Crippen LogP contribution in [0.4, 0.5) is 17.1 Å². The van der Waals surface area contributed by atoms with Gasteiger partial charge in [0.05, 0.1) is 15.5 Å². The van der Waals surface area contributed by atoms with E-state index >= 15 is 0 Å². The second kappa shape index (κ2) is 8.93. The van der Waals surface area contributed by atoms with Crippen molar-refractivity contribution in [2.45, 2.75) is 11.8 Å². The fourth-order valence-electron chi connectivity index (χ4n) is 2.78. The molecule has 1 amide bonds. The summed E-state index contributed by atoms with van der Waals surface area (Å²) in [6, 6.07) is 14.1. The molecule has 31 heavy (non-hydrogen) atoms. The second-order valence-corrected chi connectivity index (χ2v) is 8.99. The summed E-state index contributed by atoms with van der Waals surface area (Å²) in [4.78, 5) is 23.0. The second-order valence-electron chi connectivity index (χ2n) is 6.47. The Morgan fingerprint density at radius 2 is 1.68 bits per heavy atom. The van der Waals surface area contributed by atoms with Crippen LogP contribution in [0.3, 0.4) is 0 Å². The van der Waals surface area contributed by atoms with E-state index in [2.05, 4.69) is 10.0 Å². The Balaban J connectivity index is 1.92. The lowest BCUT2D eigenvalue weighted by Crippen LogP contribution is -2.17. The predicted molar refractivity (Wildman–Crippen MR) is 119 cm³/mol. The van der Waals surface area contributed by atoms with Gasteiger partial charge in [0.2, 0.25) is 0 Å². The molecule has 0 fully saturated rings. The Morgan fingerprint density at radius 1 is 0.968 bits per heavy atom. The molecule has 11 heteroatoms. The van der Waals surface area contributed by atoms with Gasteiger partial charge >= 0.3 is 0 Å². The largest absolute Gasteiger partial charge is 0.322 e. The van der Waals surface area contributed by atoms with Crippen molar-refractivity contribution in [1.82, 2.24) is 0 Å². The van der Waals surface area contributed by atoms with Crippen LogP contribution >= 0.6 is 23.2 Å². The van der Waals surface area contributed by atoms with Crippen LogP contribution < -0.4 is 10.0 Å². The molecule has 0 spiro atoms. The van der Waals surface area contributed by atoms with Crippen LogP contribution in [0.25, 0.3) is 0 Å². The number of benzene rings is 3. The van der Waals surface area contributed by atoms with E-state index in [0.29, 0.717) is 10.6 Å². The molecule has 3 aromatic rings. The zero-order chi connectivity index (χ0) is 22.8. The summed E-state index contributed by atoms with van der Waals surface area (Å²) in [5.41, 5.74) is 0.164. The van der Waals surface area contributed by atoms with E-state index in [0.717, 1.165) is 6.07 Å². The minimum atomic E-state index is -4.00. The minimum Gasteiger partial charge on any atom is -0.322 e. The van der Waals surface area contributed by atoms with E-state index in [1.807, 2.05) is 0 Å². The number of rotatable bonds is 6. The molecule has 8 nitrogen and oxygen atoms in total. The highest BCUT2D eigenvalue weighted by Gasteiger charge is 2.22. The first kappa shape index (κ1) is 22.5. The van der Waals surface area contributed by atoms with Crippen molar-refractivity contribution in [3.8, 4) is 0 Å². The number of carbonyl (C=O) groups is 1. The molecule has 160 valence electrons. The molecule has 0 aliphatic carbocycles. The predicted octanol–water partition coefficient (Wildman–Crippen LogP) is 5.26. The topological polar surface area (TPSA) is 118 Å². The molecule has 0 saturated carbocycles. The monoisotopic (exact) mass is 479 g/mol. The van der Waals surface area contributed by atoms with Gasteiger partial charge in [-0.1, -0.05) is 35.3 Å². The zero-order valence-corrected chi connectivity index (χ0v) is 18.3. The number of nitrogens with zero attached hydrogens (tertiary/aromatic N) is 1. The van der Waals surface area contributed by atoms with Gasteiger partial charge in [-0.25, -0.2) is 8.42 Å². The molecular weight excluding hydrogens is 465 g/mol. The van der Waals surface area contributed by atoms with Crippen molar-refractivity contribution in [3.05, 3.63) is 92.0 Å². The number of amides is 1. The summed E-state index contributed by atoms with van der Waals surface area (Å²) < 4.78 is 28.1. The highest BCUT2D eigenvalue weighted by molar-refractivity contribution is 7.92. The molecule has 2 N–H and O–H groups in total. The lowest BCUT2D eigenvalue weighted by molar-refractivity contribution is -0.385. The van der Waals surface area contributed by atoms with Crippen molar-refractivity contribution in [1.29, 1.82) is 0 Å². The third-order valence-corrected chi connectivity index (χ3v) is 6.21. The van der Waals surface area contributed by atoms with Gasteiger partial charge in [0.25, 0.3) is 21.6 Å². The van der Waals surface area contributed by atoms with Crippen molar-refractivity contribution < 1.29 is 18.1 Å². The van der Waals surface area contributed by atoms with Gasteiger partial charge in [0.1, 0.15) is 5.56 Å². The number of anilines is 2. The van der Waals surface area contributed by atoms with Gasteiger partial charge in [0, 0.05) is 21.8 Å². The number of nitro benzene ring substituents is 1. The number of halogens is 2. The van der Waals surface area contributed by atoms with Crippen LogP contribution in [0.1, 0.15) is 15.9 Å². The molecule has 0 heterocycles. The van der Waals surface area contributed by atoms with Gasteiger partial charge in [-0.3, -0.25) is 19.6 Å². The lowest BCUT2D eigenvalue weighted by Gasteiger charge is -2.13. The van der Waals surface area contributed by atoms with Gasteiger partial charge in [0.15, 0.2) is 0 Å². The van der Waals surface area contributed by atoms with E-state index in [1.165, 1.54) is 36.4 Å². The number of hydrogen-bond acceptors (Lipinski definition) is 5. The van der Waals surface area contributed by atoms with E-state index in [4.69, 9.17) is 23.2 Å². The quantitative estimate of drug-likeness (QED) is 0.368. The van der Waals surface area contributed by atoms with Crippen LogP contribution in [-0.4, -0.2) is 19.2 Å². The Bertz CT molecular complexity index is 1300. The maximum atomic E-state index is 12.9. The highest BCUT2D eigenvalue weighted by Crippen LogP contribution is 2.27. The van der Waals surface area contributed by atoms with Crippen LogP contribution in [0.2, 0.25) is 10.0 Å². The number of sulfonamides is 1. The average molecular weight is 480 g/mol. The van der Waals surface area contributed by atoms with Crippen LogP contribution in [0.15, 0.2) is 65.6 Å². The first-order chi connectivity index (χ1) is 14.6. The molecule has 0 saturated heterocycles. The van der Waals surface area contributed by atoms with E-state index < -0.39 is 26.5 Å². The third-order valence-electron chi connectivity index (χ3n) is 4.21. The number of carbonyl (C=O) groups excluding carboxylic acids is 1. The summed E-state index contributed by atoms with van der Waals surface area (Å²) in [7, 11) is -4.00. The lowest BCUT2D eigenvalue weighted by atomic mass is 10.1. The summed E-state index contributed by atoms with van der Waals surface area (Å²) in [5.74, 6) is -0.802. The van der Waals surface area contributed by atoms with E-state index in [-0.39, 0.29) is 26.9 Å². The molecule has 0 aromatic heterocycles. The number of hydrogen-bond donors (Lipinski definition) is 2. The standard InChI is InChI=1S/C20H15Cl2N3O5S/c1-12-5-7-15(23-20(26)17-10-14(22)6-8-18(17)25(27)28)11-19(12)31(29,30)24-16-4-2-3-13(21)9-16/h2-11,24H,1H3,(H,23,26). The molecule has 0 unspecified atom stereocenters. The molecule has 0 aliphatic rings. The fraction of sp³-hybridized carbons (Fsp3) is 0.0500. The van der Waals surface area contributed by atoms with Crippen molar-refractivity contribution in [2.24, 2.45) is 0 Å². The Hall–Kier alpha value is -3.14. The fourth-order valence-corrected chi connectivity index (χ4v) is 4.46. The SMILES string of the molecule is Cc1ccc(NC(=O)c2cc(Cl)ccc2[N+](=O)[O-])cc1S(=O)(=O)Nc1cccc(Cl)c1. The number of nitrogens with one attached hydrogen (secondary N) is 2. The van der Waals surface area contributed by atoms with E-state index in [9.17, 15) is 23.3 Å². The maximum Gasteiger partial charge on any atom is 0.282 e. The van der Waals surface area contributed by atoms with Crippen LogP contribution in [0.5, 0.6) is 0 Å². The van der Waals surface area contributed by atoms with Gasteiger partial charge < -0.3 is 5.32 Å². The number of nitro groups is 1. The Morgan fingerprint density at radius 3 is 2.35 bits per heavy atom. The van der Waals surface area contributed by atoms with Crippen molar-refractivity contribution in [3.63, 3.8) is 0 Å². The molecule has 3 aromatic carbocycles. The van der Waals surface area contributed by atoms with Gasteiger partial charge in [-0.15, -0.1) is 0 Å². The minimum absolute atomic E-state index is 0.0779. The van der Waals surface area contributed by atoms with Crippen molar-refractivity contribution in [2.75, 3.05) is 10.0 Å². The highest BCUT2D eigenvalue weighted by atomic mass is 35.5. The molecule has 0 bridgehead atoms. The summed E-state index contributed by atoms with van der Waals surface area (Å²) in [6.45, 7) is 1.60. The summed E-state index contributed by atoms with van der Waals surface area (Å²) in [6.07, 6.45) is 0. The Kier molecular flexibility index (Phi) is 6.49. The molecule has 0 aliphatic heterocycles. The van der Waals surface area contributed by atoms with Gasteiger partial charge in [-0.05, 0) is 55.0 Å². The zero-order valence-electron chi connectivity index (χ0n) is 15.9. The third kappa shape index (κ3) is 5.32. The molecule has 3 rings (SSSR count). The number of aryl methyl sites for hydroxylation is 1. The first-order valence-corrected chi connectivity index (χ1v) is 10.9. The normalized spacial score (nSPS) is 11.1. The summed E-state index contributed by atoms with van der Waals surface area (Å²) >= 11 is 11.8. The molecule has 0 atom stereocenters. The first-order valence-electron chi connectivity index (χ1n) is 8.71. The Labute approximate surface area is 188 Å². The van der Waals surface area contributed by atoms with Crippen LogP contribution in [-0.2, 0) is 10.0 Å². The van der Waals surface area contributed by atoms with Crippen LogP contribution in [0, 0.1) is 17.0 Å². The smallest absolute Gasteiger partial charge is 0.282 e. The average Bonchev–Trinajstić information content (AvgIpc) is 2.68. The molecular formula is C20H15Cl2N3O5S. The maximum absolute atomic E-state index is 12.9. The van der Waals surface area contributed by atoms with Crippen molar-refractivity contribution >= 4 is 56.2 Å². The van der Waals surface area contributed by atoms with E-state index in [1.54, 1.807) is 25.1 Å². The summed E-state index contributed by atoms with van der Waals surface area (Å²) in [5, 5.41) is 14.2. The molecule has 0 radical (unpaired) electrons.